The van der Waals surface area contributed by atoms with Crippen molar-refractivity contribution in [2.24, 2.45) is 11.8 Å². The fourth-order valence-electron chi connectivity index (χ4n) is 5.29. The fourth-order valence-corrected chi connectivity index (χ4v) is 5.53. The Bertz CT molecular complexity index is 1090. The van der Waals surface area contributed by atoms with Gasteiger partial charge >= 0.3 is 0 Å². The number of aryl methyl sites for hydroxylation is 1. The van der Waals surface area contributed by atoms with Crippen LogP contribution in [0.5, 0.6) is 11.5 Å². The second-order valence-electron chi connectivity index (χ2n) is 8.27. The predicted molar refractivity (Wildman–Crippen MR) is 112 cm³/mol. The number of nitro benzene ring substituents is 1. The van der Waals surface area contributed by atoms with Crippen molar-refractivity contribution in [1.29, 1.82) is 0 Å². The minimum absolute atomic E-state index is 0.0302. The lowest BCUT2D eigenvalue weighted by Gasteiger charge is -2.17. The Balaban J connectivity index is 1.47. The number of ether oxygens (including phenoxy) is 2. The van der Waals surface area contributed by atoms with Crippen LogP contribution in [0.2, 0.25) is 5.02 Å². The maximum Gasteiger partial charge on any atom is 0.288 e. The van der Waals surface area contributed by atoms with E-state index in [1.807, 2.05) is 13.0 Å². The van der Waals surface area contributed by atoms with Crippen LogP contribution in [0, 0.1) is 22.0 Å². The van der Waals surface area contributed by atoms with Crippen LogP contribution in [-0.2, 0) is 20.7 Å². The normalized spacial score (nSPS) is 28.8. The van der Waals surface area contributed by atoms with E-state index in [-0.39, 0.29) is 46.3 Å². The number of halogens is 1. The maximum absolute atomic E-state index is 13.2. The zero-order valence-electron chi connectivity index (χ0n) is 16.7. The number of benzene rings is 2. The smallest absolute Gasteiger partial charge is 0.288 e. The van der Waals surface area contributed by atoms with E-state index >= 15 is 0 Å². The van der Waals surface area contributed by atoms with Crippen molar-refractivity contribution in [2.45, 2.75) is 44.3 Å². The molecule has 2 heterocycles. The van der Waals surface area contributed by atoms with Crippen molar-refractivity contribution in [3.8, 4) is 11.5 Å². The number of carbonyl (C=O) groups excluding carboxylic acids is 2. The van der Waals surface area contributed by atoms with Gasteiger partial charge in [0.1, 0.15) is 22.4 Å². The lowest BCUT2D eigenvalue weighted by molar-refractivity contribution is -0.384. The van der Waals surface area contributed by atoms with E-state index in [1.54, 1.807) is 12.1 Å². The second kappa shape index (κ2) is 7.43. The number of nitro groups is 1. The Morgan fingerprint density at radius 3 is 2.26 bits per heavy atom. The molecular formula is C23H20ClNO6. The van der Waals surface area contributed by atoms with E-state index in [4.69, 9.17) is 21.1 Å². The van der Waals surface area contributed by atoms with E-state index in [0.29, 0.717) is 23.5 Å². The summed E-state index contributed by atoms with van der Waals surface area (Å²) in [5.74, 6) is -0.786. The van der Waals surface area contributed by atoms with Gasteiger partial charge in [0.15, 0.2) is 11.6 Å². The molecule has 2 aromatic carbocycles. The average molecular weight is 442 g/mol. The van der Waals surface area contributed by atoms with Crippen LogP contribution < -0.4 is 4.74 Å². The molecule has 3 fully saturated rings. The summed E-state index contributed by atoms with van der Waals surface area (Å²) in [6.45, 7) is 1.98. The van der Waals surface area contributed by atoms with Crippen LogP contribution in [0.15, 0.2) is 36.4 Å². The van der Waals surface area contributed by atoms with Gasteiger partial charge in [-0.15, -0.1) is 0 Å². The van der Waals surface area contributed by atoms with E-state index in [9.17, 15) is 19.7 Å². The molecule has 8 heteroatoms. The number of fused-ring (bicyclic) bond motifs is 5. The molecule has 5 atom stereocenters. The van der Waals surface area contributed by atoms with Crippen LogP contribution in [0.1, 0.15) is 36.8 Å². The monoisotopic (exact) mass is 441 g/mol. The molecule has 0 radical (unpaired) electrons. The molecule has 160 valence electrons. The zero-order valence-corrected chi connectivity index (χ0v) is 17.5. The summed E-state index contributed by atoms with van der Waals surface area (Å²) in [6.07, 6.45) is 2.07. The van der Waals surface area contributed by atoms with Gasteiger partial charge in [0.25, 0.3) is 5.69 Å². The molecule has 1 saturated carbocycles. The molecule has 3 aliphatic rings. The van der Waals surface area contributed by atoms with Crippen LogP contribution in [-0.4, -0.2) is 28.7 Å². The molecule has 1 aliphatic carbocycles. The molecule has 5 rings (SSSR count). The Morgan fingerprint density at radius 2 is 1.68 bits per heavy atom. The number of hydrogen-bond acceptors (Lipinski definition) is 6. The zero-order chi connectivity index (χ0) is 21.9. The van der Waals surface area contributed by atoms with Crippen molar-refractivity contribution in [3.05, 3.63) is 62.7 Å². The first-order valence-electron chi connectivity index (χ1n) is 10.4. The minimum atomic E-state index is -0.791. The van der Waals surface area contributed by atoms with Crippen LogP contribution in [0.3, 0.4) is 0 Å². The molecular weight excluding hydrogens is 422 g/mol. The molecule has 0 N–H and O–H groups in total. The highest BCUT2D eigenvalue weighted by Gasteiger charge is 2.63. The largest absolute Gasteiger partial charge is 0.457 e. The fraction of sp³-hybridized carbons (Fsp3) is 0.391. The Morgan fingerprint density at radius 1 is 1.06 bits per heavy atom. The summed E-state index contributed by atoms with van der Waals surface area (Å²) in [4.78, 5) is 36.9. The number of Topliss-reactive ketones (excluding diaryl/α,β-unsaturated/α-hetero) is 2. The van der Waals surface area contributed by atoms with Crippen molar-refractivity contribution >= 4 is 28.9 Å². The summed E-state index contributed by atoms with van der Waals surface area (Å²) >= 11 is 5.98. The number of ketones is 2. The molecule has 7 nitrogen and oxygen atoms in total. The summed E-state index contributed by atoms with van der Waals surface area (Å²) in [5, 5.41) is 10.9. The quantitative estimate of drug-likeness (QED) is 0.381. The van der Waals surface area contributed by atoms with Gasteiger partial charge in [-0.1, -0.05) is 24.6 Å². The van der Waals surface area contributed by atoms with Gasteiger partial charge in [0.2, 0.25) is 0 Å². The van der Waals surface area contributed by atoms with Crippen molar-refractivity contribution in [1.82, 2.24) is 0 Å². The van der Waals surface area contributed by atoms with E-state index < -0.39 is 10.8 Å². The second-order valence-corrected chi connectivity index (χ2v) is 8.67. The van der Waals surface area contributed by atoms with Gasteiger partial charge in [0.05, 0.1) is 29.0 Å². The molecule has 31 heavy (non-hydrogen) atoms. The van der Waals surface area contributed by atoms with Gasteiger partial charge in [-0.3, -0.25) is 19.7 Å². The Labute approximate surface area is 183 Å². The molecule has 2 aliphatic heterocycles. The third kappa shape index (κ3) is 3.15. The number of nitrogens with zero attached hydrogens (tertiary/aromatic N) is 1. The van der Waals surface area contributed by atoms with Gasteiger partial charge in [-0.25, -0.2) is 0 Å². The first-order chi connectivity index (χ1) is 14.9. The topological polar surface area (TPSA) is 95.7 Å². The molecule has 2 saturated heterocycles. The standard InChI is InChI=1S/C23H20ClNO6/c1-2-11-3-4-12(30-13-5-6-16(25(28)29)15(24)10-13)9-14(11)19-22(26)20-17-7-8-18(31-17)21(20)23(19)27/h3-6,9-10,17-21H,2,7-8H2,1H3/t17-,18+,19?,20-,21+. The number of hydrogen-bond donors (Lipinski definition) is 0. The van der Waals surface area contributed by atoms with Gasteiger partial charge in [-0.2, -0.15) is 0 Å². The summed E-state index contributed by atoms with van der Waals surface area (Å²) in [7, 11) is 0. The lowest BCUT2D eigenvalue weighted by Crippen LogP contribution is -2.29. The Hall–Kier alpha value is -2.77. The highest BCUT2D eigenvalue weighted by atomic mass is 35.5. The molecule has 2 aromatic rings. The van der Waals surface area contributed by atoms with Crippen molar-refractivity contribution in [2.75, 3.05) is 0 Å². The summed E-state index contributed by atoms with van der Waals surface area (Å²) in [5.41, 5.74) is 1.40. The number of rotatable bonds is 5. The third-order valence-corrected chi connectivity index (χ3v) is 6.96. The van der Waals surface area contributed by atoms with E-state index in [0.717, 1.165) is 18.4 Å². The highest BCUT2D eigenvalue weighted by Crippen LogP contribution is 2.52. The minimum Gasteiger partial charge on any atom is -0.457 e. The number of carbonyl (C=O) groups is 2. The average Bonchev–Trinajstić information content (AvgIpc) is 3.41. The SMILES string of the molecule is CCc1ccc(Oc2ccc([N+](=O)[O-])c(Cl)c2)cc1C1C(=O)[C@@H]2[C@H](C1=O)[C@H]1CC[C@@H]2O1. The van der Waals surface area contributed by atoms with Crippen LogP contribution in [0.4, 0.5) is 5.69 Å². The first-order valence-corrected chi connectivity index (χ1v) is 10.7. The third-order valence-electron chi connectivity index (χ3n) is 6.66. The maximum atomic E-state index is 13.2. The lowest BCUT2D eigenvalue weighted by atomic mass is 9.81. The van der Waals surface area contributed by atoms with Crippen LogP contribution >= 0.6 is 11.6 Å². The predicted octanol–water partition coefficient (Wildman–Crippen LogP) is 4.63. The molecule has 1 unspecified atom stereocenters. The van der Waals surface area contributed by atoms with Crippen molar-refractivity contribution < 1.29 is 24.0 Å². The van der Waals surface area contributed by atoms with E-state index in [2.05, 4.69) is 0 Å². The van der Waals surface area contributed by atoms with Crippen molar-refractivity contribution in [3.63, 3.8) is 0 Å². The summed E-state index contributed by atoms with van der Waals surface area (Å²) in [6, 6.07) is 9.46. The molecule has 2 bridgehead atoms. The van der Waals surface area contributed by atoms with E-state index in [1.165, 1.54) is 18.2 Å². The highest BCUT2D eigenvalue weighted by molar-refractivity contribution is 6.32. The Kier molecular flexibility index (Phi) is 4.83. The summed E-state index contributed by atoms with van der Waals surface area (Å²) < 4.78 is 11.7. The first kappa shape index (κ1) is 20.2. The van der Waals surface area contributed by atoms with Crippen LogP contribution in [0.25, 0.3) is 0 Å². The van der Waals surface area contributed by atoms with Gasteiger partial charge < -0.3 is 9.47 Å². The van der Waals surface area contributed by atoms with Gasteiger partial charge in [0, 0.05) is 12.1 Å². The van der Waals surface area contributed by atoms with Gasteiger partial charge in [-0.05, 0) is 48.6 Å². The molecule has 0 aromatic heterocycles. The molecule has 0 amide bonds. The molecule has 0 spiro atoms.